The highest BCUT2D eigenvalue weighted by molar-refractivity contribution is 5.90. The summed E-state index contributed by atoms with van der Waals surface area (Å²) in [5.74, 6) is 1.32. The molecule has 2 rings (SSSR count). The number of aryl methyl sites for hydroxylation is 2. The number of carbonyl (C=O) groups excluding carboxylic acids is 1. The number of ether oxygens (including phenoxy) is 1. The molecule has 2 aromatic rings. The first-order valence-electron chi connectivity index (χ1n) is 7.28. The summed E-state index contributed by atoms with van der Waals surface area (Å²) >= 11 is 0. The molecule has 128 valence electrons. The van der Waals surface area contributed by atoms with Crippen molar-refractivity contribution >= 4 is 17.4 Å². The average molecular weight is 333 g/mol. The Bertz CT molecular complexity index is 741. The van der Waals surface area contributed by atoms with Crippen LogP contribution in [0.2, 0.25) is 0 Å². The van der Waals surface area contributed by atoms with Crippen LogP contribution in [0.1, 0.15) is 23.1 Å². The van der Waals surface area contributed by atoms with E-state index >= 15 is 0 Å². The van der Waals surface area contributed by atoms with E-state index in [9.17, 15) is 14.9 Å². The molecule has 1 heterocycles. The fourth-order valence-corrected chi connectivity index (χ4v) is 2.22. The van der Waals surface area contributed by atoms with Crippen LogP contribution in [0.25, 0.3) is 0 Å². The Kier molecular flexibility index (Phi) is 5.54. The summed E-state index contributed by atoms with van der Waals surface area (Å²) < 4.78 is 10.6. The third-order valence-electron chi connectivity index (χ3n) is 3.41. The van der Waals surface area contributed by atoms with Crippen molar-refractivity contribution in [3.63, 3.8) is 0 Å². The second-order valence-electron chi connectivity index (χ2n) is 5.31. The lowest BCUT2D eigenvalue weighted by molar-refractivity contribution is -0.384. The zero-order valence-electron chi connectivity index (χ0n) is 13.7. The predicted octanol–water partition coefficient (Wildman–Crippen LogP) is 3.31. The molecule has 0 radical (unpaired) electrons. The second kappa shape index (κ2) is 7.60. The summed E-state index contributed by atoms with van der Waals surface area (Å²) in [6, 6.07) is 6.91. The van der Waals surface area contributed by atoms with Crippen LogP contribution in [0.5, 0.6) is 0 Å². The maximum absolute atomic E-state index is 12.2. The first-order chi connectivity index (χ1) is 11.4. The van der Waals surface area contributed by atoms with Crippen molar-refractivity contribution in [1.82, 2.24) is 5.32 Å². The van der Waals surface area contributed by atoms with Gasteiger partial charge in [-0.3, -0.25) is 10.1 Å². The van der Waals surface area contributed by atoms with Crippen molar-refractivity contribution in [1.29, 1.82) is 0 Å². The molecule has 8 nitrogen and oxygen atoms in total. The largest absolute Gasteiger partial charge is 0.464 e. The van der Waals surface area contributed by atoms with Gasteiger partial charge in [-0.15, -0.1) is 0 Å². The quantitative estimate of drug-likeness (QED) is 0.623. The van der Waals surface area contributed by atoms with E-state index in [-0.39, 0.29) is 12.3 Å². The number of nitrogens with one attached hydrogen (secondary N) is 2. The smallest absolute Gasteiger partial charge is 0.319 e. The number of nitrogens with zero attached hydrogens (tertiary/aromatic N) is 1. The summed E-state index contributed by atoms with van der Waals surface area (Å²) in [7, 11) is 1.53. The molecule has 1 aromatic carbocycles. The van der Waals surface area contributed by atoms with Gasteiger partial charge in [-0.1, -0.05) is 0 Å². The van der Waals surface area contributed by atoms with Crippen LogP contribution in [-0.2, 0) is 4.74 Å². The Morgan fingerprint density at radius 1 is 1.33 bits per heavy atom. The van der Waals surface area contributed by atoms with Crippen LogP contribution < -0.4 is 10.6 Å². The van der Waals surface area contributed by atoms with Gasteiger partial charge in [0.2, 0.25) is 0 Å². The van der Waals surface area contributed by atoms with Gasteiger partial charge >= 0.3 is 6.03 Å². The lowest BCUT2D eigenvalue weighted by Crippen LogP contribution is -2.34. The minimum atomic E-state index is -0.481. The van der Waals surface area contributed by atoms with Crippen molar-refractivity contribution < 1.29 is 18.9 Å². The van der Waals surface area contributed by atoms with E-state index < -0.39 is 17.0 Å². The molecule has 2 N–H and O–H groups in total. The molecule has 8 heteroatoms. The molecule has 0 saturated carbocycles. The molecular formula is C16H19N3O5. The molecule has 1 aromatic heterocycles. The number of methoxy groups -OCH3 is 1. The van der Waals surface area contributed by atoms with Gasteiger partial charge in [0.25, 0.3) is 5.69 Å². The number of urea groups is 1. The van der Waals surface area contributed by atoms with Crippen molar-refractivity contribution in [2.24, 2.45) is 0 Å². The summed E-state index contributed by atoms with van der Waals surface area (Å²) in [5.41, 5.74) is 1.06. The second-order valence-corrected chi connectivity index (χ2v) is 5.31. The summed E-state index contributed by atoms with van der Waals surface area (Å²) in [6.45, 7) is 3.75. The van der Waals surface area contributed by atoms with Crippen molar-refractivity contribution in [3.8, 4) is 0 Å². The lowest BCUT2D eigenvalue weighted by atomic mass is 10.2. The lowest BCUT2D eigenvalue weighted by Gasteiger charge is -2.17. The monoisotopic (exact) mass is 333 g/mol. The minimum absolute atomic E-state index is 0.0261. The van der Waals surface area contributed by atoms with Gasteiger partial charge in [0.15, 0.2) is 0 Å². The molecule has 0 aliphatic heterocycles. The third-order valence-corrected chi connectivity index (χ3v) is 3.41. The number of nitro benzene ring substituents is 1. The average Bonchev–Trinajstić information content (AvgIpc) is 2.95. The van der Waals surface area contributed by atoms with E-state index in [2.05, 4.69) is 10.6 Å². The number of hydrogen-bond donors (Lipinski definition) is 2. The molecule has 0 aliphatic rings. The Labute approximate surface area is 139 Å². The highest BCUT2D eigenvalue weighted by atomic mass is 16.6. The van der Waals surface area contributed by atoms with Crippen LogP contribution in [0.3, 0.4) is 0 Å². The number of non-ortho nitro benzene ring substituents is 1. The fraction of sp³-hybridized carbons (Fsp3) is 0.312. The molecule has 0 fully saturated rings. The molecular weight excluding hydrogens is 314 g/mol. The Morgan fingerprint density at radius 2 is 2.08 bits per heavy atom. The first kappa shape index (κ1) is 17.5. The number of benzene rings is 1. The van der Waals surface area contributed by atoms with Crippen LogP contribution >= 0.6 is 0 Å². The number of nitro groups is 1. The number of hydrogen-bond acceptors (Lipinski definition) is 5. The Hall–Kier alpha value is -2.87. The van der Waals surface area contributed by atoms with Crippen LogP contribution in [0.15, 0.2) is 34.7 Å². The van der Waals surface area contributed by atoms with Gasteiger partial charge in [0.05, 0.1) is 11.5 Å². The van der Waals surface area contributed by atoms with Crippen molar-refractivity contribution in [2.45, 2.75) is 19.9 Å². The maximum atomic E-state index is 12.2. The molecule has 0 spiro atoms. The SMILES string of the molecule is COC[C@@H](NC(=O)Nc1ccc([N+](=O)[O-])cc1C)c1ccc(C)o1. The molecule has 2 amide bonds. The summed E-state index contributed by atoms with van der Waals surface area (Å²) in [5, 5.41) is 16.2. The van der Waals surface area contributed by atoms with E-state index in [1.807, 2.05) is 6.92 Å². The van der Waals surface area contributed by atoms with Gasteiger partial charge in [0, 0.05) is 24.9 Å². The number of rotatable bonds is 6. The standard InChI is InChI=1S/C16H19N3O5/c1-10-8-12(19(21)22)5-6-13(10)17-16(20)18-14(9-23-3)15-7-4-11(2)24-15/h4-8,14H,9H2,1-3H3,(H2,17,18,20)/t14-/m1/s1. The van der Waals surface area contributed by atoms with Crippen LogP contribution in [0, 0.1) is 24.0 Å². The topological polar surface area (TPSA) is 107 Å². The maximum Gasteiger partial charge on any atom is 0.319 e. The van der Waals surface area contributed by atoms with Gasteiger partial charge in [-0.25, -0.2) is 4.79 Å². The third kappa shape index (κ3) is 4.32. The van der Waals surface area contributed by atoms with E-state index in [0.29, 0.717) is 17.0 Å². The molecule has 0 bridgehead atoms. The van der Waals surface area contributed by atoms with Crippen molar-refractivity contribution in [3.05, 3.63) is 57.5 Å². The number of amides is 2. The minimum Gasteiger partial charge on any atom is -0.464 e. The summed E-state index contributed by atoms with van der Waals surface area (Å²) in [4.78, 5) is 22.5. The molecule has 0 aliphatic carbocycles. The predicted molar refractivity (Wildman–Crippen MR) is 88.0 cm³/mol. The molecule has 0 saturated heterocycles. The van der Waals surface area contributed by atoms with E-state index in [1.54, 1.807) is 19.1 Å². The van der Waals surface area contributed by atoms with Gasteiger partial charge in [0.1, 0.15) is 17.6 Å². The number of furan rings is 1. The van der Waals surface area contributed by atoms with E-state index in [0.717, 1.165) is 5.76 Å². The zero-order chi connectivity index (χ0) is 17.7. The normalized spacial score (nSPS) is 11.8. The Balaban J connectivity index is 2.07. The van der Waals surface area contributed by atoms with Crippen LogP contribution in [-0.4, -0.2) is 24.7 Å². The van der Waals surface area contributed by atoms with Gasteiger partial charge in [-0.2, -0.15) is 0 Å². The highest BCUT2D eigenvalue weighted by Gasteiger charge is 2.18. The molecule has 24 heavy (non-hydrogen) atoms. The molecule has 0 unspecified atom stereocenters. The number of anilines is 1. The van der Waals surface area contributed by atoms with Gasteiger partial charge < -0.3 is 19.8 Å². The fourth-order valence-electron chi connectivity index (χ4n) is 2.22. The summed E-state index contributed by atoms with van der Waals surface area (Å²) in [6.07, 6.45) is 0. The van der Waals surface area contributed by atoms with Crippen molar-refractivity contribution in [2.75, 3.05) is 19.0 Å². The highest BCUT2D eigenvalue weighted by Crippen LogP contribution is 2.22. The first-order valence-corrected chi connectivity index (χ1v) is 7.28. The molecule has 1 atom stereocenters. The van der Waals surface area contributed by atoms with E-state index in [4.69, 9.17) is 9.15 Å². The zero-order valence-corrected chi connectivity index (χ0v) is 13.7. The number of carbonyl (C=O) groups is 1. The van der Waals surface area contributed by atoms with Crippen LogP contribution in [0.4, 0.5) is 16.2 Å². The Morgan fingerprint density at radius 3 is 2.62 bits per heavy atom. The van der Waals surface area contributed by atoms with E-state index in [1.165, 1.54) is 25.3 Å². The van der Waals surface area contributed by atoms with Gasteiger partial charge in [-0.05, 0) is 37.6 Å².